The number of esters is 2. The monoisotopic (exact) mass is 546 g/mol. The number of unbranched alkanes of at least 4 members (excludes halogenated alkanes) is 12. The summed E-state index contributed by atoms with van der Waals surface area (Å²) in [6, 6.07) is 0. The van der Waals surface area contributed by atoms with Crippen molar-refractivity contribution in [3.05, 3.63) is 25.3 Å². The van der Waals surface area contributed by atoms with Crippen molar-refractivity contribution in [1.82, 2.24) is 0 Å². The van der Waals surface area contributed by atoms with Crippen molar-refractivity contribution < 1.29 is 37.6 Å². The number of hydrogen-bond donors (Lipinski definition) is 1. The Bertz CT molecular complexity index is 615. The highest BCUT2D eigenvalue weighted by atomic mass is 31.2. The van der Waals surface area contributed by atoms with E-state index in [1.165, 1.54) is 12.2 Å². The van der Waals surface area contributed by atoms with Gasteiger partial charge in [-0.1, -0.05) is 77.4 Å². The molecule has 0 aliphatic heterocycles. The molecule has 0 saturated heterocycles. The molecule has 0 aromatic rings. The van der Waals surface area contributed by atoms with Crippen molar-refractivity contribution in [2.45, 2.75) is 129 Å². The van der Waals surface area contributed by atoms with Crippen LogP contribution >= 0.6 is 7.82 Å². The molecular weight excluding hydrogens is 495 g/mol. The first-order chi connectivity index (χ1) is 17.7. The zero-order valence-corrected chi connectivity index (χ0v) is 24.1. The lowest BCUT2D eigenvalue weighted by Crippen LogP contribution is -2.12. The number of hydrogen-bond acceptors (Lipinski definition) is 7. The second kappa shape index (κ2) is 23.6. The quantitative estimate of drug-likeness (QED) is 0.0511. The van der Waals surface area contributed by atoms with Crippen molar-refractivity contribution in [3.8, 4) is 0 Å². The van der Waals surface area contributed by atoms with E-state index in [2.05, 4.69) is 13.2 Å². The Hall–Kier alpha value is -1.47. The number of carbonyl (C=O) groups is 2. The molecule has 0 saturated carbocycles. The zero-order valence-electron chi connectivity index (χ0n) is 23.2. The minimum absolute atomic E-state index is 0.0764. The largest absolute Gasteiger partial charge is 0.472 e. The predicted octanol–water partition coefficient (Wildman–Crippen LogP) is 7.60. The highest BCUT2D eigenvalue weighted by molar-refractivity contribution is 7.47. The molecule has 216 valence electrons. The first-order valence-corrected chi connectivity index (χ1v) is 15.5. The standard InChI is InChI=1S/C28H51O8P/c1-5-27(29)35-25(3)21-17-13-9-7-11-15-19-23-33-37(31,32)34-24-20-16-12-8-10-14-18-22-26(4)36-28(30)6-2/h5-6,25-26H,1-2,7-24H2,3-4H3,(H,31,32). The molecule has 1 N–H and O–H groups in total. The third-order valence-electron chi connectivity index (χ3n) is 5.99. The number of rotatable bonds is 26. The molecule has 0 radical (unpaired) electrons. The number of ether oxygens (including phenoxy) is 2. The van der Waals surface area contributed by atoms with Gasteiger partial charge in [0.25, 0.3) is 0 Å². The Balaban J connectivity index is 3.47. The van der Waals surface area contributed by atoms with E-state index < -0.39 is 7.82 Å². The van der Waals surface area contributed by atoms with Crippen LogP contribution in [0.15, 0.2) is 25.3 Å². The molecule has 0 aliphatic carbocycles. The van der Waals surface area contributed by atoms with Crippen LogP contribution in [-0.4, -0.2) is 42.3 Å². The Kier molecular flexibility index (Phi) is 22.7. The van der Waals surface area contributed by atoms with E-state index in [9.17, 15) is 19.0 Å². The van der Waals surface area contributed by atoms with E-state index in [0.717, 1.165) is 103 Å². The maximum absolute atomic E-state index is 11.9. The summed E-state index contributed by atoms with van der Waals surface area (Å²) in [5.74, 6) is -0.743. The molecular formula is C28H51O8P. The molecule has 0 aliphatic rings. The highest BCUT2D eigenvalue weighted by Crippen LogP contribution is 2.43. The van der Waals surface area contributed by atoms with Crippen LogP contribution in [0.5, 0.6) is 0 Å². The molecule has 8 nitrogen and oxygen atoms in total. The number of phosphoric ester groups is 1. The summed E-state index contributed by atoms with van der Waals surface area (Å²) in [7, 11) is -3.96. The minimum atomic E-state index is -3.96. The van der Waals surface area contributed by atoms with Gasteiger partial charge in [-0.05, 0) is 52.4 Å². The number of phosphoric acid groups is 1. The predicted molar refractivity (Wildman–Crippen MR) is 147 cm³/mol. The highest BCUT2D eigenvalue weighted by Gasteiger charge is 2.20. The fourth-order valence-corrected chi connectivity index (χ4v) is 4.64. The van der Waals surface area contributed by atoms with Crippen molar-refractivity contribution in [3.63, 3.8) is 0 Å². The van der Waals surface area contributed by atoms with Gasteiger partial charge in [0, 0.05) is 12.2 Å². The molecule has 0 heterocycles. The Labute approximate surface area is 224 Å². The maximum atomic E-state index is 11.9. The third-order valence-corrected chi connectivity index (χ3v) is 7.00. The van der Waals surface area contributed by atoms with Gasteiger partial charge in [0.2, 0.25) is 0 Å². The van der Waals surface area contributed by atoms with E-state index in [0.29, 0.717) is 0 Å². The fraction of sp³-hybridized carbons (Fsp3) is 0.786. The molecule has 2 atom stereocenters. The summed E-state index contributed by atoms with van der Waals surface area (Å²) >= 11 is 0. The molecule has 0 amide bonds. The lowest BCUT2D eigenvalue weighted by atomic mass is 10.1. The van der Waals surface area contributed by atoms with E-state index in [1.807, 2.05) is 13.8 Å². The second-order valence-corrected chi connectivity index (χ2v) is 11.0. The van der Waals surface area contributed by atoms with Gasteiger partial charge in [-0.3, -0.25) is 9.05 Å². The normalized spacial score (nSPS) is 14.4. The second-order valence-electron chi connectivity index (χ2n) is 9.57. The Morgan fingerprint density at radius 2 is 0.946 bits per heavy atom. The van der Waals surface area contributed by atoms with Gasteiger partial charge in [-0.25, -0.2) is 14.2 Å². The van der Waals surface area contributed by atoms with Gasteiger partial charge in [0.1, 0.15) is 0 Å². The first kappa shape index (κ1) is 35.5. The van der Waals surface area contributed by atoms with Crippen molar-refractivity contribution in [2.24, 2.45) is 0 Å². The van der Waals surface area contributed by atoms with Crippen LogP contribution in [0.25, 0.3) is 0 Å². The average molecular weight is 547 g/mol. The molecule has 0 aromatic carbocycles. The van der Waals surface area contributed by atoms with E-state index in [4.69, 9.17) is 18.5 Å². The van der Waals surface area contributed by atoms with Gasteiger partial charge in [-0.15, -0.1) is 0 Å². The third kappa shape index (κ3) is 24.6. The van der Waals surface area contributed by atoms with Gasteiger partial charge in [0.15, 0.2) is 0 Å². The maximum Gasteiger partial charge on any atom is 0.472 e. The van der Waals surface area contributed by atoms with Crippen LogP contribution in [0.2, 0.25) is 0 Å². The number of carbonyl (C=O) groups excluding carboxylic acids is 2. The molecule has 0 spiro atoms. The zero-order chi connectivity index (χ0) is 27.8. The summed E-state index contributed by atoms with van der Waals surface area (Å²) < 4.78 is 32.4. The van der Waals surface area contributed by atoms with Crippen LogP contribution < -0.4 is 0 Å². The van der Waals surface area contributed by atoms with Crippen LogP contribution in [0.1, 0.15) is 117 Å². The van der Waals surface area contributed by atoms with Crippen LogP contribution in [0.3, 0.4) is 0 Å². The van der Waals surface area contributed by atoms with E-state index in [1.54, 1.807) is 0 Å². The molecule has 0 fully saturated rings. The molecule has 0 rings (SSSR count). The smallest absolute Gasteiger partial charge is 0.460 e. The van der Waals surface area contributed by atoms with E-state index in [-0.39, 0.29) is 37.4 Å². The lowest BCUT2D eigenvalue weighted by molar-refractivity contribution is -0.143. The fourth-order valence-electron chi connectivity index (χ4n) is 3.84. The average Bonchev–Trinajstić information content (AvgIpc) is 2.85. The van der Waals surface area contributed by atoms with E-state index >= 15 is 0 Å². The van der Waals surface area contributed by atoms with Crippen LogP contribution in [0, 0.1) is 0 Å². The lowest BCUT2D eigenvalue weighted by Gasteiger charge is -2.12. The summed E-state index contributed by atoms with van der Waals surface area (Å²) in [5, 5.41) is 0. The minimum Gasteiger partial charge on any atom is -0.460 e. The summed E-state index contributed by atoms with van der Waals surface area (Å²) in [5.41, 5.74) is 0. The van der Waals surface area contributed by atoms with Gasteiger partial charge >= 0.3 is 19.8 Å². The molecule has 2 unspecified atom stereocenters. The summed E-state index contributed by atoms with van der Waals surface area (Å²) in [6.45, 7) is 11.0. The molecule has 0 aromatic heterocycles. The summed E-state index contributed by atoms with van der Waals surface area (Å²) in [4.78, 5) is 32.0. The van der Waals surface area contributed by atoms with Crippen molar-refractivity contribution in [2.75, 3.05) is 13.2 Å². The molecule has 37 heavy (non-hydrogen) atoms. The van der Waals surface area contributed by atoms with Gasteiger partial charge < -0.3 is 14.4 Å². The SMILES string of the molecule is C=CC(=O)OC(C)CCCCCCCCCOP(=O)(O)OCCCCCCCCCC(C)OC(=O)C=C. The summed E-state index contributed by atoms with van der Waals surface area (Å²) in [6.07, 6.45) is 18.1. The van der Waals surface area contributed by atoms with Crippen molar-refractivity contribution in [1.29, 1.82) is 0 Å². The van der Waals surface area contributed by atoms with Crippen LogP contribution in [0.4, 0.5) is 0 Å². The van der Waals surface area contributed by atoms with Crippen LogP contribution in [-0.2, 0) is 32.7 Å². The molecule has 9 heteroatoms. The Morgan fingerprint density at radius 1 is 0.649 bits per heavy atom. The first-order valence-electron chi connectivity index (χ1n) is 14.0. The van der Waals surface area contributed by atoms with Gasteiger partial charge in [-0.2, -0.15) is 0 Å². The topological polar surface area (TPSA) is 108 Å². The molecule has 0 bridgehead atoms. The van der Waals surface area contributed by atoms with Gasteiger partial charge in [0.05, 0.1) is 25.4 Å². The Morgan fingerprint density at radius 3 is 1.27 bits per heavy atom. The van der Waals surface area contributed by atoms with Crippen molar-refractivity contribution >= 4 is 19.8 Å².